The van der Waals surface area contributed by atoms with E-state index in [-0.39, 0.29) is 0 Å². The van der Waals surface area contributed by atoms with E-state index in [4.69, 9.17) is 0 Å². The summed E-state index contributed by atoms with van der Waals surface area (Å²) in [6.07, 6.45) is 2.44. The minimum absolute atomic E-state index is 0.678. The molecule has 0 aromatic carbocycles. The molecule has 0 saturated carbocycles. The second kappa shape index (κ2) is 7.03. The van der Waals surface area contributed by atoms with E-state index in [9.17, 15) is 0 Å². The van der Waals surface area contributed by atoms with Crippen LogP contribution in [0.5, 0.6) is 0 Å². The van der Waals surface area contributed by atoms with Gasteiger partial charge in [-0.05, 0) is 39.9 Å². The monoisotopic (exact) mass is 144 g/mol. The third-order valence-corrected chi connectivity index (χ3v) is 1.71. The van der Waals surface area contributed by atoms with E-state index in [0.29, 0.717) is 6.04 Å². The molecule has 0 aliphatic rings. The van der Waals surface area contributed by atoms with Gasteiger partial charge in [-0.25, -0.2) is 0 Å². The number of hydrogen-bond donors (Lipinski definition) is 2. The van der Waals surface area contributed by atoms with Crippen LogP contribution in [0.15, 0.2) is 0 Å². The van der Waals surface area contributed by atoms with Gasteiger partial charge in [0, 0.05) is 6.04 Å². The molecule has 10 heavy (non-hydrogen) atoms. The Morgan fingerprint density at radius 2 is 2.00 bits per heavy atom. The zero-order chi connectivity index (χ0) is 7.82. The van der Waals surface area contributed by atoms with E-state index < -0.39 is 0 Å². The van der Waals surface area contributed by atoms with E-state index in [0.717, 1.165) is 13.1 Å². The highest BCUT2D eigenvalue weighted by Crippen LogP contribution is 1.86. The molecule has 0 saturated heterocycles. The maximum Gasteiger partial charge on any atom is 0.00361 e. The van der Waals surface area contributed by atoms with Crippen LogP contribution in [0.1, 0.15) is 26.7 Å². The first-order chi connectivity index (χ1) is 4.81. The lowest BCUT2D eigenvalue weighted by atomic mass is 10.2. The lowest BCUT2D eigenvalue weighted by Gasteiger charge is -2.10. The van der Waals surface area contributed by atoms with Crippen molar-refractivity contribution in [1.82, 2.24) is 10.6 Å². The summed E-state index contributed by atoms with van der Waals surface area (Å²) in [7, 11) is 1.99. The molecule has 0 heterocycles. The normalized spacial score (nSPS) is 13.5. The molecule has 1 atom stereocenters. The molecule has 2 nitrogen and oxygen atoms in total. The van der Waals surface area contributed by atoms with E-state index in [2.05, 4.69) is 24.5 Å². The quantitative estimate of drug-likeness (QED) is 0.543. The van der Waals surface area contributed by atoms with Crippen molar-refractivity contribution in [1.29, 1.82) is 0 Å². The summed E-state index contributed by atoms with van der Waals surface area (Å²) in [6.45, 7) is 6.67. The first-order valence-corrected chi connectivity index (χ1v) is 4.19. The van der Waals surface area contributed by atoms with Gasteiger partial charge < -0.3 is 10.6 Å². The summed E-state index contributed by atoms with van der Waals surface area (Å²) < 4.78 is 0. The van der Waals surface area contributed by atoms with Crippen LogP contribution in [0, 0.1) is 0 Å². The van der Waals surface area contributed by atoms with Crippen LogP contribution in [-0.2, 0) is 0 Å². The number of hydrogen-bond acceptors (Lipinski definition) is 2. The van der Waals surface area contributed by atoms with Gasteiger partial charge >= 0.3 is 0 Å². The van der Waals surface area contributed by atoms with Gasteiger partial charge in [0.25, 0.3) is 0 Å². The molecule has 0 aliphatic carbocycles. The smallest absolute Gasteiger partial charge is 0.00361 e. The van der Waals surface area contributed by atoms with Crippen molar-refractivity contribution in [3.8, 4) is 0 Å². The summed E-state index contributed by atoms with van der Waals surface area (Å²) in [5.74, 6) is 0. The van der Waals surface area contributed by atoms with Crippen molar-refractivity contribution in [2.45, 2.75) is 32.7 Å². The molecule has 2 N–H and O–H groups in total. The summed E-state index contributed by atoms with van der Waals surface area (Å²) in [5, 5.41) is 6.55. The van der Waals surface area contributed by atoms with Crippen LogP contribution in [0.3, 0.4) is 0 Å². The SMILES string of the molecule is CC[C@H](C)NCCCNC. The van der Waals surface area contributed by atoms with E-state index >= 15 is 0 Å². The third-order valence-electron chi connectivity index (χ3n) is 1.71. The van der Waals surface area contributed by atoms with Crippen molar-refractivity contribution in [2.24, 2.45) is 0 Å². The topological polar surface area (TPSA) is 24.1 Å². The highest BCUT2D eigenvalue weighted by Gasteiger charge is 1.94. The zero-order valence-corrected chi connectivity index (χ0v) is 7.41. The van der Waals surface area contributed by atoms with Crippen molar-refractivity contribution in [3.63, 3.8) is 0 Å². The summed E-state index contributed by atoms with van der Waals surface area (Å²) in [4.78, 5) is 0. The second-order valence-corrected chi connectivity index (χ2v) is 2.72. The van der Waals surface area contributed by atoms with Crippen molar-refractivity contribution in [2.75, 3.05) is 20.1 Å². The largest absolute Gasteiger partial charge is 0.320 e. The fourth-order valence-electron chi connectivity index (χ4n) is 0.758. The molecule has 0 aromatic heterocycles. The predicted molar refractivity (Wildman–Crippen MR) is 46.3 cm³/mol. The average molecular weight is 144 g/mol. The number of nitrogens with one attached hydrogen (secondary N) is 2. The van der Waals surface area contributed by atoms with Crippen molar-refractivity contribution in [3.05, 3.63) is 0 Å². The Hall–Kier alpha value is -0.0800. The van der Waals surface area contributed by atoms with Gasteiger partial charge in [-0.15, -0.1) is 0 Å². The lowest BCUT2D eigenvalue weighted by Crippen LogP contribution is -2.27. The van der Waals surface area contributed by atoms with Gasteiger partial charge in [0.05, 0.1) is 0 Å². The molecule has 62 valence electrons. The minimum atomic E-state index is 0.678. The van der Waals surface area contributed by atoms with Crippen LogP contribution in [-0.4, -0.2) is 26.2 Å². The average Bonchev–Trinajstić information content (AvgIpc) is 1.98. The molecule has 0 radical (unpaired) electrons. The Balaban J connectivity index is 2.89. The molecule has 0 rings (SSSR count). The van der Waals surface area contributed by atoms with Gasteiger partial charge in [-0.2, -0.15) is 0 Å². The second-order valence-electron chi connectivity index (χ2n) is 2.72. The third kappa shape index (κ3) is 6.05. The highest BCUT2D eigenvalue weighted by molar-refractivity contribution is 4.57. The fraction of sp³-hybridized carbons (Fsp3) is 1.00. The molecule has 0 amide bonds. The molecular weight excluding hydrogens is 124 g/mol. The molecular formula is C8H20N2. The van der Waals surface area contributed by atoms with Crippen LogP contribution in [0.4, 0.5) is 0 Å². The van der Waals surface area contributed by atoms with E-state index in [1.807, 2.05) is 7.05 Å². The highest BCUT2D eigenvalue weighted by atomic mass is 14.9. The molecule has 0 fully saturated rings. The van der Waals surface area contributed by atoms with Gasteiger partial charge in [0.2, 0.25) is 0 Å². The van der Waals surface area contributed by atoms with Gasteiger partial charge in [-0.3, -0.25) is 0 Å². The Bertz CT molecular complexity index is 64.3. The number of rotatable bonds is 6. The standard InChI is InChI=1S/C8H20N2/c1-4-8(2)10-7-5-6-9-3/h8-10H,4-7H2,1-3H3/t8-/m0/s1. The Morgan fingerprint density at radius 3 is 2.50 bits per heavy atom. The van der Waals surface area contributed by atoms with Gasteiger partial charge in [-0.1, -0.05) is 6.92 Å². The first kappa shape index (κ1) is 9.92. The molecule has 0 aliphatic heterocycles. The Morgan fingerprint density at radius 1 is 1.30 bits per heavy atom. The van der Waals surface area contributed by atoms with Gasteiger partial charge in [0.15, 0.2) is 0 Å². The summed E-state index contributed by atoms with van der Waals surface area (Å²) in [5.41, 5.74) is 0. The van der Waals surface area contributed by atoms with Crippen LogP contribution >= 0.6 is 0 Å². The molecule has 0 unspecified atom stereocenters. The first-order valence-electron chi connectivity index (χ1n) is 4.19. The zero-order valence-electron chi connectivity index (χ0n) is 7.41. The van der Waals surface area contributed by atoms with Gasteiger partial charge in [0.1, 0.15) is 0 Å². The summed E-state index contributed by atoms with van der Waals surface area (Å²) in [6, 6.07) is 0.678. The van der Waals surface area contributed by atoms with Crippen LogP contribution in [0.2, 0.25) is 0 Å². The lowest BCUT2D eigenvalue weighted by molar-refractivity contribution is 0.519. The van der Waals surface area contributed by atoms with Crippen molar-refractivity contribution < 1.29 is 0 Å². The molecule has 0 aromatic rings. The van der Waals surface area contributed by atoms with Crippen molar-refractivity contribution >= 4 is 0 Å². The fourth-order valence-corrected chi connectivity index (χ4v) is 0.758. The minimum Gasteiger partial charge on any atom is -0.320 e. The molecule has 0 bridgehead atoms. The molecule has 0 spiro atoms. The van der Waals surface area contributed by atoms with E-state index in [1.54, 1.807) is 0 Å². The predicted octanol–water partition coefficient (Wildman–Crippen LogP) is 0.984. The van der Waals surface area contributed by atoms with Crippen LogP contribution < -0.4 is 10.6 Å². The molecule has 2 heteroatoms. The Labute approximate surface area is 64.4 Å². The summed E-state index contributed by atoms with van der Waals surface area (Å²) >= 11 is 0. The maximum atomic E-state index is 3.43. The van der Waals surface area contributed by atoms with Crippen LogP contribution in [0.25, 0.3) is 0 Å². The Kier molecular flexibility index (Phi) is 6.98. The van der Waals surface area contributed by atoms with E-state index in [1.165, 1.54) is 12.8 Å². The maximum absolute atomic E-state index is 3.43.